The van der Waals surface area contributed by atoms with Crippen molar-refractivity contribution < 1.29 is 27.5 Å². The zero-order chi connectivity index (χ0) is 20.0. The molecule has 0 bridgehead atoms. The summed E-state index contributed by atoms with van der Waals surface area (Å²) in [5.74, 6) is -1.49. The summed E-state index contributed by atoms with van der Waals surface area (Å²) in [6, 6.07) is 8.29. The highest BCUT2D eigenvalue weighted by Crippen LogP contribution is 2.21. The van der Waals surface area contributed by atoms with E-state index in [2.05, 4.69) is 10.3 Å². The Bertz CT molecular complexity index is 804. The molecule has 0 spiro atoms. The van der Waals surface area contributed by atoms with Crippen molar-refractivity contribution in [2.24, 2.45) is 0 Å². The Kier molecular flexibility index (Phi) is 6.73. The first-order valence-corrected chi connectivity index (χ1v) is 8.24. The minimum absolute atomic E-state index is 0.0502. The minimum Gasteiger partial charge on any atom is -0.491 e. The number of carbonyl (C=O) groups is 2. The van der Waals surface area contributed by atoms with Gasteiger partial charge in [0, 0.05) is 24.6 Å². The highest BCUT2D eigenvalue weighted by Gasteiger charge is 2.28. The van der Waals surface area contributed by atoms with Crippen LogP contribution in [0.2, 0.25) is 5.02 Å². The average Bonchev–Trinajstić information content (AvgIpc) is 3.04. The van der Waals surface area contributed by atoms with Gasteiger partial charge in [0.2, 0.25) is 0 Å². The van der Waals surface area contributed by atoms with Crippen LogP contribution in [-0.4, -0.2) is 43.2 Å². The molecule has 0 atom stereocenters. The van der Waals surface area contributed by atoms with Crippen molar-refractivity contribution in [2.45, 2.75) is 12.6 Å². The standard InChI is InChI=1S/C17H17ClF3N3O3/c1-22-16(26)14-13(27-7-6-10-2-4-11(18)5-3-10)8-12(24-14)15(25)23-9-17(19,20)21/h2-5,8,24H,6-7,9H2,1H3,(H,22,26)(H,23,25). The number of rotatable bonds is 7. The van der Waals surface area contributed by atoms with Crippen molar-refractivity contribution in [3.63, 3.8) is 0 Å². The maximum Gasteiger partial charge on any atom is 0.405 e. The Hall–Kier alpha value is -2.68. The summed E-state index contributed by atoms with van der Waals surface area (Å²) >= 11 is 5.81. The molecular formula is C17H17ClF3N3O3. The highest BCUT2D eigenvalue weighted by atomic mass is 35.5. The quantitative estimate of drug-likeness (QED) is 0.664. The van der Waals surface area contributed by atoms with Crippen LogP contribution >= 0.6 is 11.6 Å². The van der Waals surface area contributed by atoms with Crippen molar-refractivity contribution in [3.8, 4) is 5.75 Å². The van der Waals surface area contributed by atoms with Gasteiger partial charge in [-0.15, -0.1) is 0 Å². The number of nitrogens with one attached hydrogen (secondary N) is 3. The second-order valence-electron chi connectivity index (χ2n) is 5.52. The van der Waals surface area contributed by atoms with Gasteiger partial charge in [-0.25, -0.2) is 0 Å². The Labute approximate surface area is 158 Å². The van der Waals surface area contributed by atoms with E-state index in [4.69, 9.17) is 16.3 Å². The third kappa shape index (κ3) is 6.21. The lowest BCUT2D eigenvalue weighted by molar-refractivity contribution is -0.123. The molecule has 1 heterocycles. The second-order valence-corrected chi connectivity index (χ2v) is 5.96. The minimum atomic E-state index is -4.54. The van der Waals surface area contributed by atoms with E-state index in [1.165, 1.54) is 13.1 Å². The molecule has 2 amide bonds. The molecule has 2 aromatic rings. The van der Waals surface area contributed by atoms with Gasteiger partial charge in [-0.2, -0.15) is 13.2 Å². The molecule has 0 radical (unpaired) electrons. The lowest BCUT2D eigenvalue weighted by Crippen LogP contribution is -2.34. The molecular weight excluding hydrogens is 387 g/mol. The molecule has 0 saturated heterocycles. The van der Waals surface area contributed by atoms with Gasteiger partial charge < -0.3 is 20.4 Å². The van der Waals surface area contributed by atoms with Gasteiger partial charge in [-0.3, -0.25) is 9.59 Å². The molecule has 27 heavy (non-hydrogen) atoms. The van der Waals surface area contributed by atoms with Gasteiger partial charge in [-0.1, -0.05) is 23.7 Å². The van der Waals surface area contributed by atoms with Crippen LogP contribution in [0.5, 0.6) is 5.75 Å². The molecule has 1 aromatic carbocycles. The van der Waals surface area contributed by atoms with Gasteiger partial charge in [0.15, 0.2) is 5.75 Å². The first-order chi connectivity index (χ1) is 12.7. The lowest BCUT2D eigenvalue weighted by atomic mass is 10.2. The molecule has 6 nitrogen and oxygen atoms in total. The van der Waals surface area contributed by atoms with Crippen molar-refractivity contribution in [1.29, 1.82) is 0 Å². The summed E-state index contributed by atoms with van der Waals surface area (Å²) in [5, 5.41) is 4.70. The highest BCUT2D eigenvalue weighted by molar-refractivity contribution is 6.30. The number of halogens is 4. The van der Waals surface area contributed by atoms with Crippen molar-refractivity contribution in [3.05, 3.63) is 52.3 Å². The number of benzene rings is 1. The number of hydrogen-bond acceptors (Lipinski definition) is 3. The summed E-state index contributed by atoms with van der Waals surface area (Å²) in [5.41, 5.74) is 0.685. The van der Waals surface area contributed by atoms with E-state index in [1.54, 1.807) is 17.4 Å². The summed E-state index contributed by atoms with van der Waals surface area (Å²) in [4.78, 5) is 26.3. The van der Waals surface area contributed by atoms with Gasteiger partial charge in [0.05, 0.1) is 6.61 Å². The van der Waals surface area contributed by atoms with E-state index in [9.17, 15) is 22.8 Å². The predicted octanol–water partition coefficient (Wildman–Crippen LogP) is 2.94. The number of carbonyl (C=O) groups excluding carboxylic acids is 2. The van der Waals surface area contributed by atoms with E-state index in [-0.39, 0.29) is 23.7 Å². The van der Waals surface area contributed by atoms with Crippen LogP contribution in [-0.2, 0) is 6.42 Å². The Morgan fingerprint density at radius 3 is 2.44 bits per heavy atom. The fourth-order valence-corrected chi connectivity index (χ4v) is 2.30. The summed E-state index contributed by atoms with van der Waals surface area (Å²) < 4.78 is 42.2. The Morgan fingerprint density at radius 2 is 1.85 bits per heavy atom. The van der Waals surface area contributed by atoms with Crippen molar-refractivity contribution in [2.75, 3.05) is 20.2 Å². The molecule has 0 aliphatic heterocycles. The maximum atomic E-state index is 12.2. The number of hydrogen-bond donors (Lipinski definition) is 3. The van der Waals surface area contributed by atoms with E-state index in [0.717, 1.165) is 5.56 Å². The summed E-state index contributed by atoms with van der Waals surface area (Å²) in [7, 11) is 1.38. The zero-order valence-electron chi connectivity index (χ0n) is 14.2. The maximum absolute atomic E-state index is 12.2. The first-order valence-electron chi connectivity index (χ1n) is 7.87. The molecule has 0 fully saturated rings. The Balaban J connectivity index is 2.07. The molecule has 0 saturated carbocycles. The van der Waals surface area contributed by atoms with Gasteiger partial charge >= 0.3 is 6.18 Å². The average molecular weight is 404 g/mol. The third-order valence-corrected chi connectivity index (χ3v) is 3.74. The number of aromatic nitrogens is 1. The van der Waals surface area contributed by atoms with Crippen molar-refractivity contribution >= 4 is 23.4 Å². The van der Waals surface area contributed by atoms with Crippen LogP contribution in [0.3, 0.4) is 0 Å². The molecule has 1 aromatic heterocycles. The molecule has 146 valence electrons. The van der Waals surface area contributed by atoms with E-state index < -0.39 is 24.5 Å². The van der Waals surface area contributed by atoms with Gasteiger partial charge in [-0.05, 0) is 17.7 Å². The SMILES string of the molecule is CNC(=O)c1[nH]c(C(=O)NCC(F)(F)F)cc1OCCc1ccc(Cl)cc1. The van der Waals surface area contributed by atoms with Crippen LogP contribution < -0.4 is 15.4 Å². The largest absolute Gasteiger partial charge is 0.491 e. The van der Waals surface area contributed by atoms with E-state index >= 15 is 0 Å². The predicted molar refractivity (Wildman–Crippen MR) is 93.2 cm³/mol. The molecule has 10 heteroatoms. The molecule has 0 aliphatic carbocycles. The number of aromatic amines is 1. The Morgan fingerprint density at radius 1 is 1.19 bits per heavy atom. The molecule has 3 N–H and O–H groups in total. The first kappa shape index (κ1) is 20.6. The van der Waals surface area contributed by atoms with Gasteiger partial charge in [0.25, 0.3) is 11.8 Å². The smallest absolute Gasteiger partial charge is 0.405 e. The van der Waals surface area contributed by atoms with Crippen LogP contribution in [0.4, 0.5) is 13.2 Å². The molecule has 0 aliphatic rings. The van der Waals surface area contributed by atoms with Crippen LogP contribution in [0.1, 0.15) is 26.5 Å². The van der Waals surface area contributed by atoms with E-state index in [0.29, 0.717) is 11.4 Å². The number of ether oxygens (including phenoxy) is 1. The van der Waals surface area contributed by atoms with Crippen LogP contribution in [0, 0.1) is 0 Å². The van der Waals surface area contributed by atoms with Crippen LogP contribution in [0.25, 0.3) is 0 Å². The van der Waals surface area contributed by atoms with Crippen LogP contribution in [0.15, 0.2) is 30.3 Å². The summed E-state index contributed by atoms with van der Waals surface area (Å²) in [6.45, 7) is -1.29. The topological polar surface area (TPSA) is 83.2 Å². The number of alkyl halides is 3. The third-order valence-electron chi connectivity index (χ3n) is 3.49. The normalized spacial score (nSPS) is 11.1. The fourth-order valence-electron chi connectivity index (χ4n) is 2.17. The monoisotopic (exact) mass is 403 g/mol. The van der Waals surface area contributed by atoms with E-state index in [1.807, 2.05) is 12.1 Å². The van der Waals surface area contributed by atoms with Gasteiger partial charge in [0.1, 0.15) is 17.9 Å². The molecule has 2 rings (SSSR count). The molecule has 0 unspecified atom stereocenters. The number of amides is 2. The van der Waals surface area contributed by atoms with Crippen molar-refractivity contribution in [1.82, 2.24) is 15.6 Å². The number of H-pyrrole nitrogens is 1. The lowest BCUT2D eigenvalue weighted by Gasteiger charge is -2.07. The second kappa shape index (κ2) is 8.81. The zero-order valence-corrected chi connectivity index (χ0v) is 15.0. The summed E-state index contributed by atoms with van der Waals surface area (Å²) in [6.07, 6.45) is -4.03. The fraction of sp³-hybridized carbons (Fsp3) is 0.294.